The van der Waals surface area contributed by atoms with Gasteiger partial charge in [0, 0.05) is 12.7 Å². The van der Waals surface area contributed by atoms with Crippen molar-refractivity contribution in [1.29, 1.82) is 0 Å². The van der Waals surface area contributed by atoms with Crippen LogP contribution in [0.1, 0.15) is 45.2 Å². The Labute approximate surface area is 162 Å². The van der Waals surface area contributed by atoms with E-state index in [0.29, 0.717) is 18.0 Å². The van der Waals surface area contributed by atoms with Crippen LogP contribution in [0.4, 0.5) is 5.82 Å². The third kappa shape index (κ3) is 4.14. The summed E-state index contributed by atoms with van der Waals surface area (Å²) in [4.78, 5) is 22.1. The molecule has 3 rings (SSSR count). The van der Waals surface area contributed by atoms with Crippen LogP contribution < -0.4 is 9.64 Å². The smallest absolute Gasteiger partial charge is 0.269 e. The molecule has 1 aromatic heterocycles. The molecule has 1 aliphatic heterocycles. The molecule has 0 radical (unpaired) electrons. The van der Waals surface area contributed by atoms with Gasteiger partial charge in [-0.05, 0) is 37.2 Å². The molecular weight excluding hydrogens is 338 g/mol. The van der Waals surface area contributed by atoms with Crippen LogP contribution in [0, 0.1) is 0 Å². The number of hydrogen-bond acceptors (Lipinski definition) is 4. The van der Waals surface area contributed by atoms with E-state index in [9.17, 15) is 4.79 Å². The van der Waals surface area contributed by atoms with Crippen molar-refractivity contribution in [3.05, 3.63) is 54.2 Å². The van der Waals surface area contributed by atoms with Gasteiger partial charge in [-0.15, -0.1) is 0 Å². The molecule has 1 amide bonds. The highest BCUT2D eigenvalue weighted by Crippen LogP contribution is 2.38. The van der Waals surface area contributed by atoms with Gasteiger partial charge in [-0.25, -0.2) is 4.98 Å². The van der Waals surface area contributed by atoms with Gasteiger partial charge in [0.25, 0.3) is 5.91 Å². The lowest BCUT2D eigenvalue weighted by Crippen LogP contribution is -2.50. The van der Waals surface area contributed by atoms with Crippen molar-refractivity contribution in [2.75, 3.05) is 24.5 Å². The van der Waals surface area contributed by atoms with E-state index >= 15 is 0 Å². The Morgan fingerprint density at radius 1 is 1.11 bits per heavy atom. The monoisotopic (exact) mass is 367 g/mol. The average Bonchev–Trinajstić information content (AvgIpc) is 2.71. The summed E-state index contributed by atoms with van der Waals surface area (Å²) in [5.41, 5.74) is 1.12. The second-order valence-electron chi connectivity index (χ2n) is 6.84. The van der Waals surface area contributed by atoms with E-state index in [1.165, 1.54) is 0 Å². The van der Waals surface area contributed by atoms with Gasteiger partial charge in [0.2, 0.25) is 0 Å². The van der Waals surface area contributed by atoms with Crippen LogP contribution in [-0.2, 0) is 4.79 Å². The number of carbonyl (C=O) groups is 1. The number of carbonyl (C=O) groups excluding carboxylic acids is 1. The molecule has 0 N–H and O–H groups in total. The summed E-state index contributed by atoms with van der Waals surface area (Å²) >= 11 is 0. The van der Waals surface area contributed by atoms with Crippen LogP contribution >= 0.6 is 0 Å². The van der Waals surface area contributed by atoms with Crippen LogP contribution in [0.5, 0.6) is 5.75 Å². The fourth-order valence-corrected chi connectivity index (χ4v) is 3.60. The van der Waals surface area contributed by atoms with Gasteiger partial charge in [-0.1, -0.05) is 57.5 Å². The van der Waals surface area contributed by atoms with Crippen LogP contribution in [0.25, 0.3) is 0 Å². The summed E-state index contributed by atoms with van der Waals surface area (Å²) in [7, 11) is 0. The Kier molecular flexibility index (Phi) is 6.45. The predicted octanol–water partition coefficient (Wildman–Crippen LogP) is 4.06. The van der Waals surface area contributed by atoms with Crippen molar-refractivity contribution in [2.45, 2.75) is 45.8 Å². The molecule has 5 nitrogen and oxygen atoms in total. The number of amides is 1. The molecule has 1 aromatic carbocycles. The molecule has 0 bridgehead atoms. The Bertz CT molecular complexity index is 746. The van der Waals surface area contributed by atoms with Crippen LogP contribution in [0.3, 0.4) is 0 Å². The standard InChI is InChI=1S/C22H29N3O2/c1-4-11-20-22(26)25(21-19(27-20)14-10-15-23-21)18(16-24(5-2)6-3)17-12-8-7-9-13-17/h7-10,12-15,18,20H,4-6,11,16H2,1-3H3. The molecule has 0 aliphatic carbocycles. The topological polar surface area (TPSA) is 45.7 Å². The summed E-state index contributed by atoms with van der Waals surface area (Å²) in [6, 6.07) is 13.9. The molecule has 0 fully saturated rings. The Morgan fingerprint density at radius 3 is 2.52 bits per heavy atom. The lowest BCUT2D eigenvalue weighted by Gasteiger charge is -2.40. The van der Waals surface area contributed by atoms with Crippen molar-refractivity contribution in [3.63, 3.8) is 0 Å². The summed E-state index contributed by atoms with van der Waals surface area (Å²) in [6.07, 6.45) is 2.87. The van der Waals surface area contributed by atoms with Crippen molar-refractivity contribution in [3.8, 4) is 5.75 Å². The maximum absolute atomic E-state index is 13.4. The maximum Gasteiger partial charge on any atom is 0.269 e. The molecule has 0 saturated carbocycles. The fraction of sp³-hybridized carbons (Fsp3) is 0.455. The van der Waals surface area contributed by atoms with Gasteiger partial charge in [0.1, 0.15) is 0 Å². The number of anilines is 1. The first-order valence-corrected chi connectivity index (χ1v) is 9.91. The number of likely N-dealkylation sites (N-methyl/N-ethyl adjacent to an activating group) is 1. The Morgan fingerprint density at radius 2 is 1.85 bits per heavy atom. The van der Waals surface area contributed by atoms with E-state index in [2.05, 4.69) is 42.8 Å². The quantitative estimate of drug-likeness (QED) is 0.706. The minimum Gasteiger partial charge on any atom is -0.477 e. The largest absolute Gasteiger partial charge is 0.477 e. The zero-order valence-corrected chi connectivity index (χ0v) is 16.5. The van der Waals surface area contributed by atoms with E-state index < -0.39 is 6.10 Å². The van der Waals surface area contributed by atoms with Crippen molar-refractivity contribution in [2.24, 2.45) is 0 Å². The molecule has 144 valence electrons. The van der Waals surface area contributed by atoms with Gasteiger partial charge < -0.3 is 9.64 Å². The number of aromatic nitrogens is 1. The van der Waals surface area contributed by atoms with E-state index in [0.717, 1.165) is 31.6 Å². The average molecular weight is 367 g/mol. The van der Waals surface area contributed by atoms with Gasteiger partial charge in [0.15, 0.2) is 17.7 Å². The predicted molar refractivity (Wildman–Crippen MR) is 108 cm³/mol. The summed E-state index contributed by atoms with van der Waals surface area (Å²) in [6.45, 7) is 9.01. The van der Waals surface area contributed by atoms with E-state index in [4.69, 9.17) is 4.74 Å². The maximum atomic E-state index is 13.4. The summed E-state index contributed by atoms with van der Waals surface area (Å²) in [5, 5.41) is 0. The van der Waals surface area contributed by atoms with E-state index in [-0.39, 0.29) is 11.9 Å². The van der Waals surface area contributed by atoms with Crippen LogP contribution in [0.2, 0.25) is 0 Å². The first-order valence-electron chi connectivity index (χ1n) is 9.91. The molecule has 0 spiro atoms. The van der Waals surface area contributed by atoms with Gasteiger partial charge >= 0.3 is 0 Å². The number of fused-ring (bicyclic) bond motifs is 1. The van der Waals surface area contributed by atoms with Crippen molar-refractivity contribution in [1.82, 2.24) is 9.88 Å². The Hall–Kier alpha value is -2.40. The number of rotatable bonds is 8. The van der Waals surface area contributed by atoms with Crippen LogP contribution in [-0.4, -0.2) is 41.5 Å². The van der Waals surface area contributed by atoms with Crippen molar-refractivity contribution >= 4 is 11.7 Å². The second-order valence-corrected chi connectivity index (χ2v) is 6.84. The third-order valence-corrected chi connectivity index (χ3v) is 5.13. The zero-order chi connectivity index (χ0) is 19.2. The van der Waals surface area contributed by atoms with Gasteiger partial charge in [0.05, 0.1) is 6.04 Å². The molecule has 2 heterocycles. The number of nitrogens with zero attached hydrogens (tertiary/aromatic N) is 3. The molecule has 5 heteroatoms. The zero-order valence-electron chi connectivity index (χ0n) is 16.5. The van der Waals surface area contributed by atoms with E-state index in [1.807, 2.05) is 35.2 Å². The molecule has 0 saturated heterocycles. The minimum absolute atomic E-state index is 0.00376. The highest BCUT2D eigenvalue weighted by Gasteiger charge is 2.39. The van der Waals surface area contributed by atoms with E-state index in [1.54, 1.807) is 6.20 Å². The third-order valence-electron chi connectivity index (χ3n) is 5.13. The fourth-order valence-electron chi connectivity index (χ4n) is 3.60. The lowest BCUT2D eigenvalue weighted by atomic mass is 10.0. The van der Waals surface area contributed by atoms with Gasteiger partial charge in [-0.2, -0.15) is 0 Å². The Balaban J connectivity index is 2.06. The van der Waals surface area contributed by atoms with Gasteiger partial charge in [-0.3, -0.25) is 9.69 Å². The van der Waals surface area contributed by atoms with Crippen LogP contribution in [0.15, 0.2) is 48.7 Å². The highest BCUT2D eigenvalue weighted by atomic mass is 16.5. The van der Waals surface area contributed by atoms with Crippen molar-refractivity contribution < 1.29 is 9.53 Å². The SMILES string of the molecule is CCCC1Oc2cccnc2N(C(CN(CC)CC)c2ccccc2)C1=O. The number of pyridine rings is 1. The minimum atomic E-state index is -0.449. The molecule has 2 aromatic rings. The lowest BCUT2D eigenvalue weighted by molar-refractivity contribution is -0.127. The molecule has 2 unspecified atom stereocenters. The number of hydrogen-bond donors (Lipinski definition) is 0. The number of benzene rings is 1. The first-order chi connectivity index (χ1) is 13.2. The highest BCUT2D eigenvalue weighted by molar-refractivity contribution is 5.99. The second kappa shape index (κ2) is 9.00. The summed E-state index contributed by atoms with van der Waals surface area (Å²) in [5.74, 6) is 1.32. The molecular formula is C22H29N3O2. The number of ether oxygens (including phenoxy) is 1. The molecule has 27 heavy (non-hydrogen) atoms. The normalized spacial score (nSPS) is 17.6. The summed E-state index contributed by atoms with van der Waals surface area (Å²) < 4.78 is 5.99. The first kappa shape index (κ1) is 19.4. The molecule has 1 aliphatic rings. The molecule has 2 atom stereocenters.